The number of hydrogen-bond donors (Lipinski definition) is 1. The highest BCUT2D eigenvalue weighted by atomic mass is 19.1. The molecule has 1 saturated heterocycles. The second-order valence-electron chi connectivity index (χ2n) is 6.13. The first-order chi connectivity index (χ1) is 12.5. The summed E-state index contributed by atoms with van der Waals surface area (Å²) in [5.74, 6) is -1.04. The van der Waals surface area contributed by atoms with Crippen LogP contribution in [0.4, 0.5) is 10.2 Å². The summed E-state index contributed by atoms with van der Waals surface area (Å²) in [5.41, 5.74) is 5.63. The van der Waals surface area contributed by atoms with Crippen LogP contribution in [0.15, 0.2) is 30.6 Å². The number of primary amides is 1. The highest BCUT2D eigenvalue weighted by molar-refractivity contribution is 5.98. The van der Waals surface area contributed by atoms with Crippen LogP contribution in [-0.4, -0.2) is 41.9 Å². The zero-order valence-electron chi connectivity index (χ0n) is 14.3. The van der Waals surface area contributed by atoms with Crippen molar-refractivity contribution in [2.75, 3.05) is 25.1 Å². The zero-order chi connectivity index (χ0) is 18.7. The van der Waals surface area contributed by atoms with E-state index in [1.165, 1.54) is 31.6 Å². The minimum absolute atomic E-state index is 0.0770. The van der Waals surface area contributed by atoms with E-state index in [0.29, 0.717) is 30.9 Å². The maximum atomic E-state index is 13.9. The molecule has 3 rings (SSSR count). The van der Waals surface area contributed by atoms with Gasteiger partial charge in [0.15, 0.2) is 17.3 Å². The van der Waals surface area contributed by atoms with Crippen LogP contribution >= 0.6 is 0 Å². The van der Waals surface area contributed by atoms with E-state index in [2.05, 4.69) is 9.97 Å². The summed E-state index contributed by atoms with van der Waals surface area (Å²) in [5, 5.41) is 0. The third-order valence-electron chi connectivity index (χ3n) is 4.43. The summed E-state index contributed by atoms with van der Waals surface area (Å²) >= 11 is 0. The number of carbonyl (C=O) groups is 2. The molecule has 1 atom stereocenters. The average Bonchev–Trinajstić information content (AvgIpc) is 2.67. The molecule has 1 fully saturated rings. The van der Waals surface area contributed by atoms with Gasteiger partial charge in [0.05, 0.1) is 19.5 Å². The molecule has 1 aromatic carbocycles. The van der Waals surface area contributed by atoms with E-state index >= 15 is 0 Å². The highest BCUT2D eigenvalue weighted by Crippen LogP contribution is 2.26. The van der Waals surface area contributed by atoms with Crippen LogP contribution in [0.2, 0.25) is 0 Å². The van der Waals surface area contributed by atoms with Gasteiger partial charge < -0.3 is 15.4 Å². The fourth-order valence-electron chi connectivity index (χ4n) is 3.08. The topological polar surface area (TPSA) is 98.4 Å². The number of Topliss-reactive ketones (excluding diaryl/α,β-unsaturated/α-hetero) is 1. The van der Waals surface area contributed by atoms with Crippen molar-refractivity contribution in [2.24, 2.45) is 11.7 Å². The van der Waals surface area contributed by atoms with Gasteiger partial charge in [-0.1, -0.05) is 0 Å². The van der Waals surface area contributed by atoms with Crippen molar-refractivity contribution in [2.45, 2.75) is 12.8 Å². The van der Waals surface area contributed by atoms with Gasteiger partial charge in [-0.05, 0) is 31.0 Å². The predicted molar refractivity (Wildman–Crippen MR) is 92.8 cm³/mol. The molecule has 8 heteroatoms. The number of rotatable bonds is 5. The summed E-state index contributed by atoms with van der Waals surface area (Å²) in [4.78, 5) is 34.1. The largest absolute Gasteiger partial charge is 0.494 e. The second-order valence-corrected chi connectivity index (χ2v) is 6.13. The lowest BCUT2D eigenvalue weighted by Crippen LogP contribution is -2.39. The molecule has 0 aliphatic carbocycles. The quantitative estimate of drug-likeness (QED) is 0.819. The van der Waals surface area contributed by atoms with Gasteiger partial charge in [0.25, 0.3) is 5.91 Å². The van der Waals surface area contributed by atoms with E-state index in [-0.39, 0.29) is 23.1 Å². The van der Waals surface area contributed by atoms with Gasteiger partial charge in [-0.3, -0.25) is 14.6 Å². The summed E-state index contributed by atoms with van der Waals surface area (Å²) in [7, 11) is 1.38. The van der Waals surface area contributed by atoms with E-state index in [1.807, 2.05) is 4.90 Å². The molecule has 0 bridgehead atoms. The molecule has 2 aromatic rings. The van der Waals surface area contributed by atoms with Crippen molar-refractivity contribution in [3.63, 3.8) is 0 Å². The molecule has 1 aromatic heterocycles. The molecular formula is C18H19FN4O3. The molecule has 0 spiro atoms. The monoisotopic (exact) mass is 358 g/mol. The second kappa shape index (κ2) is 7.47. The molecule has 1 aliphatic rings. The third-order valence-corrected chi connectivity index (χ3v) is 4.43. The lowest BCUT2D eigenvalue weighted by Gasteiger charge is -2.32. The molecule has 2 N–H and O–H groups in total. The number of aromatic nitrogens is 2. The van der Waals surface area contributed by atoms with Crippen molar-refractivity contribution in [3.05, 3.63) is 47.7 Å². The van der Waals surface area contributed by atoms with Crippen molar-refractivity contribution in [1.82, 2.24) is 9.97 Å². The Balaban J connectivity index is 1.78. The number of anilines is 1. The number of amides is 1. The Hall–Kier alpha value is -3.03. The minimum atomic E-state index is -0.655. The van der Waals surface area contributed by atoms with E-state index in [0.717, 1.165) is 6.42 Å². The van der Waals surface area contributed by atoms with E-state index in [9.17, 15) is 14.0 Å². The van der Waals surface area contributed by atoms with Crippen LogP contribution in [-0.2, 0) is 0 Å². The standard InChI is InChI=1S/C18H19FN4O3/c1-26-15-5-4-11(7-13(15)19)17(24)12-3-2-6-23(10-12)16-9-21-8-14(22-16)18(20)25/h4-5,7-9,12H,2-3,6,10H2,1H3,(H2,20,25)/t12-/m1/s1. The zero-order valence-corrected chi connectivity index (χ0v) is 14.3. The number of hydrogen-bond acceptors (Lipinski definition) is 6. The average molecular weight is 358 g/mol. The predicted octanol–water partition coefficient (Wildman–Crippen LogP) is 1.82. The van der Waals surface area contributed by atoms with Crippen molar-refractivity contribution in [3.8, 4) is 5.75 Å². The Bertz CT molecular complexity index is 843. The highest BCUT2D eigenvalue weighted by Gasteiger charge is 2.28. The molecule has 0 saturated carbocycles. The number of ketones is 1. The number of piperidine rings is 1. The summed E-state index contributed by atoms with van der Waals surface area (Å²) in [6, 6.07) is 4.22. The van der Waals surface area contributed by atoms with Gasteiger partial charge in [-0.25, -0.2) is 9.37 Å². The fraction of sp³-hybridized carbons (Fsp3) is 0.333. The Labute approximate surface area is 150 Å². The number of nitrogens with two attached hydrogens (primary N) is 1. The molecule has 1 amide bonds. The van der Waals surface area contributed by atoms with E-state index in [1.54, 1.807) is 6.07 Å². The molecule has 2 heterocycles. The first-order valence-corrected chi connectivity index (χ1v) is 8.24. The van der Waals surface area contributed by atoms with E-state index in [4.69, 9.17) is 10.5 Å². The minimum Gasteiger partial charge on any atom is -0.494 e. The number of halogens is 1. The number of methoxy groups -OCH3 is 1. The van der Waals surface area contributed by atoms with Crippen molar-refractivity contribution >= 4 is 17.5 Å². The normalized spacial score (nSPS) is 17.0. The fourth-order valence-corrected chi connectivity index (χ4v) is 3.08. The molecule has 0 unspecified atom stereocenters. The van der Waals surface area contributed by atoms with Crippen molar-refractivity contribution in [1.29, 1.82) is 0 Å². The maximum Gasteiger partial charge on any atom is 0.268 e. The molecular weight excluding hydrogens is 339 g/mol. The summed E-state index contributed by atoms with van der Waals surface area (Å²) in [6.07, 6.45) is 4.31. The SMILES string of the molecule is COc1ccc(C(=O)[C@@H]2CCCN(c3cncc(C(N)=O)n3)C2)cc1F. The van der Waals surface area contributed by atoms with Gasteiger partial charge >= 0.3 is 0 Å². The van der Waals surface area contributed by atoms with Crippen molar-refractivity contribution < 1.29 is 18.7 Å². The van der Waals surface area contributed by atoms with Crippen LogP contribution < -0.4 is 15.4 Å². The first-order valence-electron chi connectivity index (χ1n) is 8.24. The molecule has 1 aliphatic heterocycles. The summed E-state index contributed by atoms with van der Waals surface area (Å²) in [6.45, 7) is 1.11. The van der Waals surface area contributed by atoms with Crippen LogP contribution in [0.3, 0.4) is 0 Å². The van der Waals surface area contributed by atoms with Gasteiger partial charge in [0.1, 0.15) is 11.5 Å². The van der Waals surface area contributed by atoms with Gasteiger partial charge in [-0.2, -0.15) is 0 Å². The van der Waals surface area contributed by atoms with Crippen LogP contribution in [0, 0.1) is 11.7 Å². The Morgan fingerprint density at radius 1 is 1.35 bits per heavy atom. The van der Waals surface area contributed by atoms with Gasteiger partial charge in [0.2, 0.25) is 0 Å². The first kappa shape index (κ1) is 17.8. The smallest absolute Gasteiger partial charge is 0.268 e. The van der Waals surface area contributed by atoms with Gasteiger partial charge in [-0.15, -0.1) is 0 Å². The Morgan fingerprint density at radius 2 is 2.15 bits per heavy atom. The molecule has 7 nitrogen and oxygen atoms in total. The molecule has 136 valence electrons. The Kier molecular flexibility index (Phi) is 5.11. The number of benzene rings is 1. The number of carbonyl (C=O) groups excluding carboxylic acids is 2. The lowest BCUT2D eigenvalue weighted by molar-refractivity contribution is 0.0905. The lowest BCUT2D eigenvalue weighted by atomic mass is 9.90. The third kappa shape index (κ3) is 3.63. The van der Waals surface area contributed by atoms with E-state index < -0.39 is 11.7 Å². The van der Waals surface area contributed by atoms with Crippen LogP contribution in [0.25, 0.3) is 0 Å². The van der Waals surface area contributed by atoms with Crippen LogP contribution in [0.5, 0.6) is 5.75 Å². The van der Waals surface area contributed by atoms with Crippen LogP contribution in [0.1, 0.15) is 33.7 Å². The Morgan fingerprint density at radius 3 is 2.85 bits per heavy atom. The molecule has 0 radical (unpaired) electrons. The number of ether oxygens (including phenoxy) is 1. The molecule has 26 heavy (non-hydrogen) atoms. The maximum absolute atomic E-state index is 13.9. The summed E-state index contributed by atoms with van der Waals surface area (Å²) < 4.78 is 18.8. The number of nitrogens with zero attached hydrogens (tertiary/aromatic N) is 3. The van der Waals surface area contributed by atoms with Gasteiger partial charge in [0, 0.05) is 24.6 Å².